The van der Waals surface area contributed by atoms with E-state index in [2.05, 4.69) is 4.58 Å². The van der Waals surface area contributed by atoms with Crippen molar-refractivity contribution in [1.82, 2.24) is 0 Å². The first-order chi connectivity index (χ1) is 7.27. The number of benzene rings is 1. The molecule has 1 aliphatic heterocycles. The molecule has 3 heteroatoms. The Balaban J connectivity index is 2.25. The van der Waals surface area contributed by atoms with E-state index >= 15 is 0 Å². The van der Waals surface area contributed by atoms with Crippen LogP contribution in [-0.4, -0.2) is 23.5 Å². The van der Waals surface area contributed by atoms with Gasteiger partial charge in [-0.2, -0.15) is 0 Å². The minimum absolute atomic E-state index is 0.755. The molecular formula is C12H16ClN2+. The zero-order chi connectivity index (χ0) is 10.7. The van der Waals surface area contributed by atoms with E-state index < -0.39 is 0 Å². The van der Waals surface area contributed by atoms with Crippen LogP contribution in [0.1, 0.15) is 24.8 Å². The predicted molar refractivity (Wildman–Crippen MR) is 63.6 cm³/mol. The molecule has 0 amide bonds. The van der Waals surface area contributed by atoms with E-state index in [0.717, 1.165) is 29.5 Å². The molecule has 2 rings (SSSR count). The monoisotopic (exact) mass is 223 g/mol. The second-order valence-corrected chi connectivity index (χ2v) is 4.38. The molecule has 1 heterocycles. The fraction of sp³-hybridized carbons (Fsp3) is 0.417. The summed E-state index contributed by atoms with van der Waals surface area (Å²) < 4.78 is 2.26. The molecule has 0 radical (unpaired) electrons. The van der Waals surface area contributed by atoms with Crippen LogP contribution >= 0.6 is 11.6 Å². The maximum atomic E-state index is 6.12. The lowest BCUT2D eigenvalue weighted by atomic mass is 10.1. The Hall–Kier alpha value is -1.02. The van der Waals surface area contributed by atoms with Crippen LogP contribution in [0.25, 0.3) is 0 Å². The molecule has 1 aromatic rings. The fourth-order valence-electron chi connectivity index (χ4n) is 1.94. The van der Waals surface area contributed by atoms with Crippen LogP contribution in [0.3, 0.4) is 0 Å². The summed E-state index contributed by atoms with van der Waals surface area (Å²) in [5, 5.41) is 0.755. The summed E-state index contributed by atoms with van der Waals surface area (Å²) in [5.41, 5.74) is 7.19. The number of halogens is 1. The van der Waals surface area contributed by atoms with Gasteiger partial charge in [-0.1, -0.05) is 11.6 Å². The van der Waals surface area contributed by atoms with Crippen molar-refractivity contribution in [1.29, 1.82) is 0 Å². The molecule has 1 saturated heterocycles. The van der Waals surface area contributed by atoms with Gasteiger partial charge in [0.25, 0.3) is 5.84 Å². The second-order valence-electron chi connectivity index (χ2n) is 3.94. The third-order valence-electron chi connectivity index (χ3n) is 2.84. The smallest absolute Gasteiger partial charge is 0.274 e. The summed E-state index contributed by atoms with van der Waals surface area (Å²) >= 11 is 5.84. The Morgan fingerprint density at radius 1 is 1.07 bits per heavy atom. The van der Waals surface area contributed by atoms with Crippen molar-refractivity contribution < 1.29 is 4.58 Å². The molecule has 0 atom stereocenters. The number of piperidine rings is 1. The number of rotatable bonds is 1. The van der Waals surface area contributed by atoms with Crippen LogP contribution in [0, 0.1) is 0 Å². The molecule has 0 spiro atoms. The molecule has 2 N–H and O–H groups in total. The van der Waals surface area contributed by atoms with E-state index in [0.29, 0.717) is 0 Å². The lowest BCUT2D eigenvalue weighted by Gasteiger charge is -2.14. The first kappa shape index (κ1) is 10.5. The van der Waals surface area contributed by atoms with Crippen LogP contribution < -0.4 is 5.73 Å². The molecule has 2 nitrogen and oxygen atoms in total. The second kappa shape index (κ2) is 4.67. The Labute approximate surface area is 95.4 Å². The highest BCUT2D eigenvalue weighted by Crippen LogP contribution is 2.10. The van der Waals surface area contributed by atoms with E-state index in [9.17, 15) is 0 Å². The number of hydrogen-bond donors (Lipinski definition) is 1. The van der Waals surface area contributed by atoms with Crippen molar-refractivity contribution >= 4 is 17.4 Å². The summed E-state index contributed by atoms with van der Waals surface area (Å²) in [4.78, 5) is 0. The minimum Gasteiger partial charge on any atom is -0.287 e. The predicted octanol–water partition coefficient (Wildman–Crippen LogP) is 2.24. The maximum absolute atomic E-state index is 6.12. The van der Waals surface area contributed by atoms with Crippen LogP contribution in [0.15, 0.2) is 24.3 Å². The first-order valence-electron chi connectivity index (χ1n) is 5.41. The van der Waals surface area contributed by atoms with Crippen LogP contribution in [0.4, 0.5) is 0 Å². The molecule has 1 fully saturated rings. The van der Waals surface area contributed by atoms with Gasteiger partial charge < -0.3 is 0 Å². The zero-order valence-electron chi connectivity index (χ0n) is 8.75. The molecule has 0 aliphatic carbocycles. The molecule has 0 unspecified atom stereocenters. The van der Waals surface area contributed by atoms with E-state index in [1.54, 1.807) is 0 Å². The highest BCUT2D eigenvalue weighted by molar-refractivity contribution is 6.30. The lowest BCUT2D eigenvalue weighted by Crippen LogP contribution is -2.33. The standard InChI is InChI=1S/C12H15ClN2/c13-11-6-4-10(5-7-11)12(14)15-8-2-1-3-9-15/h4-7,14H,1-3,8-9H2/p+1. The molecular weight excluding hydrogens is 208 g/mol. The lowest BCUT2D eigenvalue weighted by molar-refractivity contribution is -0.537. The van der Waals surface area contributed by atoms with E-state index in [4.69, 9.17) is 17.3 Å². The number of hydrogen-bond acceptors (Lipinski definition) is 0. The summed E-state index contributed by atoms with van der Waals surface area (Å²) in [6.45, 7) is 2.16. The van der Waals surface area contributed by atoms with Gasteiger partial charge in [0.2, 0.25) is 0 Å². The summed E-state index contributed by atoms with van der Waals surface area (Å²) in [6.07, 6.45) is 3.81. The van der Waals surface area contributed by atoms with Gasteiger partial charge in [0.1, 0.15) is 0 Å². The molecule has 1 aromatic carbocycles. The van der Waals surface area contributed by atoms with Crippen LogP contribution in [-0.2, 0) is 0 Å². The topological polar surface area (TPSA) is 29.0 Å². The van der Waals surface area contributed by atoms with Crippen molar-refractivity contribution in [3.63, 3.8) is 0 Å². The Morgan fingerprint density at radius 3 is 2.27 bits per heavy atom. The number of nitrogens with two attached hydrogens (primary N) is 1. The number of nitrogens with zero attached hydrogens (tertiary/aromatic N) is 1. The third-order valence-corrected chi connectivity index (χ3v) is 3.09. The van der Waals surface area contributed by atoms with Gasteiger partial charge in [-0.05, 0) is 43.5 Å². The van der Waals surface area contributed by atoms with Gasteiger partial charge in [-0.3, -0.25) is 10.3 Å². The molecule has 15 heavy (non-hydrogen) atoms. The maximum Gasteiger partial charge on any atom is 0.274 e. The highest BCUT2D eigenvalue weighted by atomic mass is 35.5. The van der Waals surface area contributed by atoms with E-state index in [1.165, 1.54) is 19.3 Å². The van der Waals surface area contributed by atoms with Crippen molar-refractivity contribution in [3.05, 3.63) is 34.9 Å². The zero-order valence-corrected chi connectivity index (χ0v) is 9.50. The minimum atomic E-state index is 0.755. The van der Waals surface area contributed by atoms with Gasteiger partial charge >= 0.3 is 0 Å². The molecule has 1 aliphatic rings. The molecule has 0 bridgehead atoms. The van der Waals surface area contributed by atoms with Crippen molar-refractivity contribution in [3.8, 4) is 0 Å². The van der Waals surface area contributed by atoms with Gasteiger partial charge in [0.05, 0.1) is 18.7 Å². The third kappa shape index (κ3) is 2.51. The van der Waals surface area contributed by atoms with Crippen molar-refractivity contribution in [2.24, 2.45) is 5.73 Å². The highest BCUT2D eigenvalue weighted by Gasteiger charge is 2.14. The van der Waals surface area contributed by atoms with Crippen molar-refractivity contribution in [2.75, 3.05) is 13.1 Å². The SMILES string of the molecule is NC(c1ccc(Cl)cc1)=[N+]1CCCCC1. The van der Waals surface area contributed by atoms with Crippen LogP contribution in [0.5, 0.6) is 0 Å². The summed E-state index contributed by atoms with van der Waals surface area (Å²) in [5.74, 6) is 0.881. The normalized spacial score (nSPS) is 16.5. The summed E-state index contributed by atoms with van der Waals surface area (Å²) in [6, 6.07) is 7.72. The van der Waals surface area contributed by atoms with E-state index in [-0.39, 0.29) is 0 Å². The van der Waals surface area contributed by atoms with Gasteiger partial charge in [-0.25, -0.2) is 0 Å². The Bertz CT molecular complexity index is 360. The van der Waals surface area contributed by atoms with E-state index in [1.807, 2.05) is 24.3 Å². The molecule has 80 valence electrons. The Morgan fingerprint density at radius 2 is 1.67 bits per heavy atom. The van der Waals surface area contributed by atoms with Gasteiger partial charge in [0.15, 0.2) is 0 Å². The molecule has 0 saturated carbocycles. The number of amidine groups is 1. The largest absolute Gasteiger partial charge is 0.287 e. The van der Waals surface area contributed by atoms with Gasteiger partial charge in [-0.15, -0.1) is 0 Å². The molecule has 0 aromatic heterocycles. The average Bonchev–Trinajstić information content (AvgIpc) is 2.30. The fourth-order valence-corrected chi connectivity index (χ4v) is 2.06. The summed E-state index contributed by atoms with van der Waals surface area (Å²) in [7, 11) is 0. The van der Waals surface area contributed by atoms with Crippen molar-refractivity contribution in [2.45, 2.75) is 19.3 Å². The Kier molecular flexibility index (Phi) is 3.27. The average molecular weight is 224 g/mol. The first-order valence-corrected chi connectivity index (χ1v) is 5.78. The van der Waals surface area contributed by atoms with Crippen LogP contribution in [0.2, 0.25) is 5.02 Å². The van der Waals surface area contributed by atoms with Gasteiger partial charge in [0, 0.05) is 5.02 Å². The quantitative estimate of drug-likeness (QED) is 0.574.